The maximum Gasteiger partial charge on any atom is 0.0369 e. The van der Waals surface area contributed by atoms with Crippen LogP contribution in [0.1, 0.15) is 12.5 Å². The predicted octanol–water partition coefficient (Wildman–Crippen LogP) is 2.55. The molecule has 0 aromatic heterocycles. The summed E-state index contributed by atoms with van der Waals surface area (Å²) in [5, 5.41) is 3.12. The average Bonchev–Trinajstić information content (AvgIpc) is 2.24. The van der Waals surface area contributed by atoms with Crippen molar-refractivity contribution in [2.75, 3.05) is 24.5 Å². The number of benzene rings is 1. The molecule has 0 bridgehead atoms. The molecule has 15 heavy (non-hydrogen) atoms. The molecule has 0 radical (unpaired) electrons. The van der Waals surface area contributed by atoms with Gasteiger partial charge in [0.15, 0.2) is 0 Å². The minimum Gasteiger partial charge on any atom is -0.390 e. The molecule has 1 rings (SSSR count). The van der Waals surface area contributed by atoms with E-state index in [2.05, 4.69) is 54.9 Å². The minimum absolute atomic E-state index is 0.936. The highest BCUT2D eigenvalue weighted by molar-refractivity contribution is 5.48. The number of aryl methyl sites for hydroxylation is 1. The number of rotatable bonds is 6. The first kappa shape index (κ1) is 11.6. The molecule has 0 atom stereocenters. The zero-order valence-electron chi connectivity index (χ0n) is 9.66. The third kappa shape index (κ3) is 3.66. The lowest BCUT2D eigenvalue weighted by molar-refractivity contribution is 0.760. The maximum absolute atomic E-state index is 3.64. The van der Waals surface area contributed by atoms with Gasteiger partial charge in [0, 0.05) is 25.3 Å². The standard InChI is InChI=1S/C13H20N2/c1-4-14-9-10-15(5-2)13-8-6-7-12(3)11-13/h4,6-8,11,14H,1,5,9-10H2,2-3H3. The Morgan fingerprint density at radius 3 is 2.87 bits per heavy atom. The van der Waals surface area contributed by atoms with E-state index in [1.807, 2.05) is 0 Å². The smallest absolute Gasteiger partial charge is 0.0369 e. The van der Waals surface area contributed by atoms with Crippen LogP contribution in [0.4, 0.5) is 5.69 Å². The van der Waals surface area contributed by atoms with Crippen molar-refractivity contribution < 1.29 is 0 Å². The van der Waals surface area contributed by atoms with Gasteiger partial charge in [-0.1, -0.05) is 18.7 Å². The lowest BCUT2D eigenvalue weighted by Crippen LogP contribution is -2.30. The van der Waals surface area contributed by atoms with E-state index in [0.29, 0.717) is 0 Å². The zero-order valence-corrected chi connectivity index (χ0v) is 9.66. The minimum atomic E-state index is 0.936. The Balaban J connectivity index is 2.61. The molecule has 0 saturated heterocycles. The number of hydrogen-bond donors (Lipinski definition) is 1. The molecule has 1 aromatic rings. The second kappa shape index (κ2) is 6.12. The molecule has 0 heterocycles. The molecule has 0 amide bonds. The van der Waals surface area contributed by atoms with Crippen LogP contribution >= 0.6 is 0 Å². The Hall–Kier alpha value is -1.44. The van der Waals surface area contributed by atoms with Crippen LogP contribution in [-0.4, -0.2) is 19.6 Å². The highest BCUT2D eigenvalue weighted by Gasteiger charge is 2.02. The fourth-order valence-electron chi connectivity index (χ4n) is 1.60. The number of nitrogens with zero attached hydrogens (tertiary/aromatic N) is 1. The van der Waals surface area contributed by atoms with Crippen LogP contribution in [0.3, 0.4) is 0 Å². The molecule has 0 aliphatic rings. The summed E-state index contributed by atoms with van der Waals surface area (Å²) in [5.74, 6) is 0. The quantitative estimate of drug-likeness (QED) is 0.716. The van der Waals surface area contributed by atoms with Crippen molar-refractivity contribution in [3.8, 4) is 0 Å². The Bertz CT molecular complexity index is 307. The van der Waals surface area contributed by atoms with E-state index in [1.54, 1.807) is 6.20 Å². The summed E-state index contributed by atoms with van der Waals surface area (Å²) in [4.78, 5) is 2.35. The first-order chi connectivity index (χ1) is 7.27. The van der Waals surface area contributed by atoms with Crippen LogP contribution in [0, 0.1) is 6.92 Å². The Morgan fingerprint density at radius 1 is 1.47 bits per heavy atom. The molecule has 1 aromatic carbocycles. The summed E-state index contributed by atoms with van der Waals surface area (Å²) in [6.07, 6.45) is 1.74. The Labute approximate surface area is 92.6 Å². The van der Waals surface area contributed by atoms with Gasteiger partial charge < -0.3 is 10.2 Å². The van der Waals surface area contributed by atoms with E-state index < -0.39 is 0 Å². The van der Waals surface area contributed by atoms with Gasteiger partial charge in [-0.15, -0.1) is 0 Å². The average molecular weight is 204 g/mol. The number of hydrogen-bond acceptors (Lipinski definition) is 2. The normalized spacial score (nSPS) is 9.73. The molecule has 0 saturated carbocycles. The number of nitrogens with one attached hydrogen (secondary N) is 1. The largest absolute Gasteiger partial charge is 0.390 e. The van der Waals surface area contributed by atoms with Crippen molar-refractivity contribution in [1.82, 2.24) is 5.32 Å². The fourth-order valence-corrected chi connectivity index (χ4v) is 1.60. The van der Waals surface area contributed by atoms with E-state index in [4.69, 9.17) is 0 Å². The first-order valence-electron chi connectivity index (χ1n) is 5.44. The van der Waals surface area contributed by atoms with Gasteiger partial charge in [-0.25, -0.2) is 0 Å². The predicted molar refractivity (Wildman–Crippen MR) is 67.3 cm³/mol. The molecule has 1 N–H and O–H groups in total. The molecule has 2 heteroatoms. The molecule has 0 spiro atoms. The van der Waals surface area contributed by atoms with E-state index in [9.17, 15) is 0 Å². The number of likely N-dealkylation sites (N-methyl/N-ethyl adjacent to an activating group) is 1. The van der Waals surface area contributed by atoms with Crippen LogP contribution < -0.4 is 10.2 Å². The van der Waals surface area contributed by atoms with Crippen molar-refractivity contribution >= 4 is 5.69 Å². The molecule has 0 aliphatic heterocycles. The van der Waals surface area contributed by atoms with Gasteiger partial charge in [0.05, 0.1) is 0 Å². The molecular formula is C13H20N2. The summed E-state index contributed by atoms with van der Waals surface area (Å²) in [6.45, 7) is 10.9. The van der Waals surface area contributed by atoms with Gasteiger partial charge >= 0.3 is 0 Å². The second-order valence-corrected chi connectivity index (χ2v) is 3.58. The highest BCUT2D eigenvalue weighted by atomic mass is 15.1. The van der Waals surface area contributed by atoms with Crippen molar-refractivity contribution in [2.45, 2.75) is 13.8 Å². The third-order valence-electron chi connectivity index (χ3n) is 2.42. The van der Waals surface area contributed by atoms with Crippen LogP contribution in [0.5, 0.6) is 0 Å². The first-order valence-corrected chi connectivity index (χ1v) is 5.44. The summed E-state index contributed by atoms with van der Waals surface area (Å²) >= 11 is 0. The van der Waals surface area contributed by atoms with Gasteiger partial charge in [0.2, 0.25) is 0 Å². The SMILES string of the molecule is C=CNCCN(CC)c1cccc(C)c1. The molecule has 0 unspecified atom stereocenters. The molecule has 82 valence electrons. The van der Waals surface area contributed by atoms with E-state index in [-0.39, 0.29) is 0 Å². The van der Waals surface area contributed by atoms with Gasteiger partial charge in [0.25, 0.3) is 0 Å². The number of anilines is 1. The lowest BCUT2D eigenvalue weighted by Gasteiger charge is -2.23. The highest BCUT2D eigenvalue weighted by Crippen LogP contribution is 2.14. The zero-order chi connectivity index (χ0) is 11.1. The van der Waals surface area contributed by atoms with Gasteiger partial charge in [-0.05, 0) is 37.7 Å². The van der Waals surface area contributed by atoms with E-state index in [1.165, 1.54) is 11.3 Å². The fraction of sp³-hybridized carbons (Fsp3) is 0.385. The second-order valence-electron chi connectivity index (χ2n) is 3.58. The van der Waals surface area contributed by atoms with Crippen molar-refractivity contribution in [1.29, 1.82) is 0 Å². The van der Waals surface area contributed by atoms with Crippen molar-refractivity contribution in [3.05, 3.63) is 42.6 Å². The van der Waals surface area contributed by atoms with Crippen molar-refractivity contribution in [2.24, 2.45) is 0 Å². The van der Waals surface area contributed by atoms with Crippen LogP contribution in [0.25, 0.3) is 0 Å². The van der Waals surface area contributed by atoms with Gasteiger partial charge in [0.1, 0.15) is 0 Å². The third-order valence-corrected chi connectivity index (χ3v) is 2.42. The summed E-state index contributed by atoms with van der Waals surface area (Å²) < 4.78 is 0. The topological polar surface area (TPSA) is 15.3 Å². The summed E-state index contributed by atoms with van der Waals surface area (Å²) in [7, 11) is 0. The van der Waals surface area contributed by atoms with Crippen LogP contribution in [0.2, 0.25) is 0 Å². The Kier molecular flexibility index (Phi) is 4.75. The molecular weight excluding hydrogens is 184 g/mol. The summed E-state index contributed by atoms with van der Waals surface area (Å²) in [6, 6.07) is 8.61. The Morgan fingerprint density at radius 2 is 2.27 bits per heavy atom. The van der Waals surface area contributed by atoms with Crippen molar-refractivity contribution in [3.63, 3.8) is 0 Å². The summed E-state index contributed by atoms with van der Waals surface area (Å²) in [5.41, 5.74) is 2.60. The van der Waals surface area contributed by atoms with Gasteiger partial charge in [-0.3, -0.25) is 0 Å². The molecule has 0 aliphatic carbocycles. The van der Waals surface area contributed by atoms with Crippen LogP contribution in [-0.2, 0) is 0 Å². The molecule has 0 fully saturated rings. The maximum atomic E-state index is 3.64. The van der Waals surface area contributed by atoms with E-state index in [0.717, 1.165) is 19.6 Å². The van der Waals surface area contributed by atoms with Crippen LogP contribution in [0.15, 0.2) is 37.0 Å². The molecule has 2 nitrogen and oxygen atoms in total. The van der Waals surface area contributed by atoms with E-state index >= 15 is 0 Å². The monoisotopic (exact) mass is 204 g/mol. The lowest BCUT2D eigenvalue weighted by atomic mass is 10.2. The van der Waals surface area contributed by atoms with Gasteiger partial charge in [-0.2, -0.15) is 0 Å².